The molecule has 1 aliphatic heterocycles. The zero-order chi connectivity index (χ0) is 31.0. The van der Waals surface area contributed by atoms with Crippen molar-refractivity contribution in [2.45, 2.75) is 78.2 Å². The van der Waals surface area contributed by atoms with Gasteiger partial charge in [0.25, 0.3) is 5.91 Å². The van der Waals surface area contributed by atoms with E-state index < -0.39 is 17.4 Å². The Hall–Kier alpha value is -3.83. The summed E-state index contributed by atoms with van der Waals surface area (Å²) in [6, 6.07) is 4.88. The van der Waals surface area contributed by atoms with Crippen LogP contribution < -0.4 is 5.32 Å². The van der Waals surface area contributed by atoms with Gasteiger partial charge in [-0.05, 0) is 61.5 Å². The molecule has 2 atom stereocenters. The molecule has 9 nitrogen and oxygen atoms in total. The number of nitrogens with zero attached hydrogens (tertiary/aromatic N) is 5. The number of alkyl halides is 3. The quantitative estimate of drug-likeness (QED) is 0.453. The molecule has 2 N–H and O–H groups in total. The zero-order valence-electron chi connectivity index (χ0n) is 24.9. The lowest BCUT2D eigenvalue weighted by Crippen LogP contribution is -2.50. The van der Waals surface area contributed by atoms with E-state index in [1.807, 2.05) is 25.2 Å². The second-order valence-electron chi connectivity index (χ2n) is 12.9. The number of tetrazole rings is 1. The van der Waals surface area contributed by atoms with Gasteiger partial charge in [-0.15, -0.1) is 10.2 Å². The summed E-state index contributed by atoms with van der Waals surface area (Å²) < 4.78 is 40.5. The molecule has 0 bridgehead atoms. The topological polar surface area (TPSA) is 116 Å². The fourth-order valence-corrected chi connectivity index (χ4v) is 6.48. The Morgan fingerprint density at radius 3 is 2.56 bits per heavy atom. The second kappa shape index (κ2) is 11.7. The summed E-state index contributed by atoms with van der Waals surface area (Å²) in [5.74, 6) is -0.0557. The lowest BCUT2D eigenvalue weighted by Gasteiger charge is -2.45. The minimum absolute atomic E-state index is 0.0762. The lowest BCUT2D eigenvalue weighted by molar-refractivity contribution is -0.137. The van der Waals surface area contributed by atoms with E-state index in [1.165, 1.54) is 12.1 Å². The van der Waals surface area contributed by atoms with Crippen LogP contribution in [-0.2, 0) is 22.3 Å². The third kappa shape index (κ3) is 6.57. The average molecular weight is 598 g/mol. The molecule has 1 aromatic carbocycles. The molecule has 2 heterocycles. The third-order valence-electron chi connectivity index (χ3n) is 9.04. The van der Waals surface area contributed by atoms with E-state index in [4.69, 9.17) is 4.99 Å². The lowest BCUT2D eigenvalue weighted by atomic mass is 9.69. The molecule has 0 saturated heterocycles. The van der Waals surface area contributed by atoms with Gasteiger partial charge >= 0.3 is 6.18 Å². The van der Waals surface area contributed by atoms with E-state index in [1.54, 1.807) is 4.90 Å². The van der Waals surface area contributed by atoms with Gasteiger partial charge in [0.1, 0.15) is 11.4 Å². The number of H-pyrrole nitrogens is 1. The molecule has 2 aromatic rings. The van der Waals surface area contributed by atoms with Gasteiger partial charge in [0, 0.05) is 12.1 Å². The van der Waals surface area contributed by atoms with Gasteiger partial charge in [-0.2, -0.15) is 18.4 Å². The summed E-state index contributed by atoms with van der Waals surface area (Å²) in [5.41, 5.74) is -0.171. The summed E-state index contributed by atoms with van der Waals surface area (Å²) in [6.07, 6.45) is 4.94. The summed E-state index contributed by atoms with van der Waals surface area (Å²) >= 11 is 0. The number of aromatic nitrogens is 4. The van der Waals surface area contributed by atoms with E-state index in [2.05, 4.69) is 46.7 Å². The minimum Gasteiger partial charge on any atom is -0.348 e. The summed E-state index contributed by atoms with van der Waals surface area (Å²) in [6.45, 7) is 9.16. The number of halogens is 3. The normalized spacial score (nSPS) is 26.1. The van der Waals surface area contributed by atoms with Crippen molar-refractivity contribution >= 4 is 17.5 Å². The molecule has 1 saturated carbocycles. The number of aliphatic imine (C=N–C) groups is 1. The molecule has 0 radical (unpaired) electrons. The van der Waals surface area contributed by atoms with Crippen LogP contribution in [0.2, 0.25) is 0 Å². The fraction of sp³-hybridized carbons (Fsp3) is 0.548. The van der Waals surface area contributed by atoms with Crippen LogP contribution in [0.25, 0.3) is 0 Å². The van der Waals surface area contributed by atoms with Crippen LogP contribution in [0.5, 0.6) is 0 Å². The zero-order valence-corrected chi connectivity index (χ0v) is 24.9. The Morgan fingerprint density at radius 1 is 1.19 bits per heavy atom. The van der Waals surface area contributed by atoms with E-state index in [-0.39, 0.29) is 46.9 Å². The number of aromatic amines is 1. The van der Waals surface area contributed by atoms with Crippen LogP contribution >= 0.6 is 0 Å². The van der Waals surface area contributed by atoms with Crippen molar-refractivity contribution in [3.8, 4) is 0 Å². The predicted octanol–water partition coefficient (Wildman–Crippen LogP) is 5.24. The van der Waals surface area contributed by atoms with Crippen molar-refractivity contribution in [2.24, 2.45) is 28.2 Å². The highest BCUT2D eigenvalue weighted by atomic mass is 19.4. The molecule has 2 unspecified atom stereocenters. The van der Waals surface area contributed by atoms with Crippen LogP contribution in [0.15, 0.2) is 53.1 Å². The molecule has 1 aromatic heterocycles. The highest BCUT2D eigenvalue weighted by Gasteiger charge is 2.50. The fourth-order valence-electron chi connectivity index (χ4n) is 6.48. The minimum atomic E-state index is -4.52. The SMILES string of the molecule is CC1C=C(CCN2C(=O)C(c3cccc(C(F)(F)F)c3)=NC23CCC(C(C)(C)C)CC3)C=CC1C(=O)NCc1nn[nH]n1. The summed E-state index contributed by atoms with van der Waals surface area (Å²) in [4.78, 5) is 33.3. The van der Waals surface area contributed by atoms with Gasteiger partial charge in [-0.3, -0.25) is 14.6 Å². The van der Waals surface area contributed by atoms with Gasteiger partial charge < -0.3 is 10.2 Å². The van der Waals surface area contributed by atoms with E-state index in [0.717, 1.165) is 30.5 Å². The standard InChI is InChI=1S/C31H38F3N7O2/c1-19-16-20(8-9-24(19)27(42)35-18-25-37-39-40-38-25)12-15-41-28(43)26(21-6-5-7-23(17-21)31(32,33)34)36-30(41)13-10-22(11-14-30)29(2,3)4/h5-9,16-17,19,22,24H,10-15,18H2,1-4H3,(H,35,42)(H,37,38,39,40). The van der Waals surface area contributed by atoms with Crippen molar-refractivity contribution in [1.82, 2.24) is 30.8 Å². The maximum absolute atomic E-state index is 13.9. The first-order valence-electron chi connectivity index (χ1n) is 14.8. The molecular formula is C31H38F3N7O2. The van der Waals surface area contributed by atoms with Gasteiger partial charge in [-0.25, -0.2) is 0 Å². The summed E-state index contributed by atoms with van der Waals surface area (Å²) in [7, 11) is 0. The van der Waals surface area contributed by atoms with Crippen LogP contribution in [-0.4, -0.2) is 55.3 Å². The highest BCUT2D eigenvalue weighted by Crippen LogP contribution is 2.47. The van der Waals surface area contributed by atoms with Crippen LogP contribution in [0.1, 0.15) is 76.8 Å². The highest BCUT2D eigenvalue weighted by molar-refractivity contribution is 6.46. The molecule has 230 valence electrons. The van der Waals surface area contributed by atoms with E-state index in [9.17, 15) is 22.8 Å². The number of amides is 2. The average Bonchev–Trinajstić information content (AvgIpc) is 3.56. The van der Waals surface area contributed by atoms with Crippen molar-refractivity contribution in [3.05, 3.63) is 65.0 Å². The Morgan fingerprint density at radius 2 is 1.93 bits per heavy atom. The molecule has 5 rings (SSSR count). The third-order valence-corrected chi connectivity index (χ3v) is 9.04. The maximum Gasteiger partial charge on any atom is 0.416 e. The van der Waals surface area contributed by atoms with Gasteiger partial charge in [0.05, 0.1) is 18.0 Å². The van der Waals surface area contributed by atoms with Gasteiger partial charge in [-0.1, -0.05) is 68.8 Å². The van der Waals surface area contributed by atoms with Gasteiger partial charge in [0.2, 0.25) is 5.91 Å². The number of carbonyl (C=O) groups excluding carboxylic acids is 2. The Balaban J connectivity index is 1.31. The predicted molar refractivity (Wildman–Crippen MR) is 154 cm³/mol. The number of nitrogens with one attached hydrogen (secondary N) is 2. The van der Waals surface area contributed by atoms with Crippen molar-refractivity contribution in [3.63, 3.8) is 0 Å². The number of hydrogen-bond donors (Lipinski definition) is 2. The van der Waals surface area contributed by atoms with Crippen LogP contribution in [0.3, 0.4) is 0 Å². The van der Waals surface area contributed by atoms with E-state index in [0.29, 0.717) is 37.5 Å². The number of rotatable bonds is 7. The Labute approximate surface area is 249 Å². The number of hydrogen-bond acceptors (Lipinski definition) is 6. The molecule has 1 spiro atoms. The number of allylic oxidation sites excluding steroid dienone is 2. The number of carbonyl (C=O) groups is 2. The Kier molecular flexibility index (Phi) is 8.32. The molecule has 2 aliphatic carbocycles. The second-order valence-corrected chi connectivity index (χ2v) is 12.9. The maximum atomic E-state index is 13.9. The van der Waals surface area contributed by atoms with Crippen molar-refractivity contribution in [1.29, 1.82) is 0 Å². The van der Waals surface area contributed by atoms with Gasteiger partial charge in [0.15, 0.2) is 5.82 Å². The molecule has 3 aliphatic rings. The molecule has 1 fully saturated rings. The van der Waals surface area contributed by atoms with E-state index >= 15 is 0 Å². The van der Waals surface area contributed by atoms with Crippen LogP contribution in [0, 0.1) is 23.2 Å². The first-order chi connectivity index (χ1) is 20.3. The van der Waals surface area contributed by atoms with Crippen molar-refractivity contribution in [2.75, 3.05) is 6.54 Å². The number of benzene rings is 1. The smallest absolute Gasteiger partial charge is 0.348 e. The summed E-state index contributed by atoms with van der Waals surface area (Å²) in [5, 5.41) is 16.3. The monoisotopic (exact) mass is 597 g/mol. The van der Waals surface area contributed by atoms with Crippen molar-refractivity contribution < 1.29 is 22.8 Å². The Bertz CT molecular complexity index is 1430. The molecule has 43 heavy (non-hydrogen) atoms. The first-order valence-corrected chi connectivity index (χ1v) is 14.8. The first kappa shape index (κ1) is 30.6. The molecular weight excluding hydrogens is 559 g/mol. The molecule has 12 heteroatoms. The van der Waals surface area contributed by atoms with Crippen LogP contribution in [0.4, 0.5) is 13.2 Å². The molecule has 2 amide bonds. The largest absolute Gasteiger partial charge is 0.416 e.